The van der Waals surface area contributed by atoms with Crippen molar-refractivity contribution in [1.82, 2.24) is 46.7 Å². The molecule has 0 aromatic heterocycles. The van der Waals surface area contributed by atoms with E-state index < -0.39 is 68.6 Å². The van der Waals surface area contributed by atoms with Crippen LogP contribution >= 0.6 is 30.4 Å². The zero-order valence-corrected chi connectivity index (χ0v) is 21.7. The highest BCUT2D eigenvalue weighted by atomic mass is 31.2. The Morgan fingerprint density at radius 1 is 0.400 bits per heavy atom. The Hall–Kier alpha value is 0.280. The first-order valence-electron chi connectivity index (χ1n) is 5.99. The molecule has 0 heterocycles. The topological polar surface area (TPSA) is 456 Å². The predicted octanol–water partition coefficient (Wildman–Crippen LogP) is 0.388. The third-order valence-corrected chi connectivity index (χ3v) is 5.34. The van der Waals surface area contributed by atoms with Crippen molar-refractivity contribution in [1.29, 1.82) is 0 Å². The maximum atomic E-state index is 11.0. The molecule has 0 spiro atoms. The summed E-state index contributed by atoms with van der Waals surface area (Å²) in [6.07, 6.45) is -4.18. The van der Waals surface area contributed by atoms with Crippen molar-refractivity contribution in [2.75, 3.05) is 38.2 Å². The molecule has 0 aromatic carbocycles. The van der Waals surface area contributed by atoms with Gasteiger partial charge < -0.3 is 76.1 Å². The van der Waals surface area contributed by atoms with Crippen LogP contribution in [0.1, 0.15) is 0 Å². The standard InChI is InChI=1S/C6H20N2O12P4.6H3N/c9-21(10,11)3-7(4-22(12,13)14)1-2-8(5-23(15,16)17)6-24(18,19)20;;;;;;/h1-6H2,(H2,9,10,11)(H2,12,13,14)(H2,15,16,17)(H2,18,19,20);6*1H3/p+6. The second-order valence-corrected chi connectivity index (χ2v) is 11.5. The zero-order valence-electron chi connectivity index (χ0n) is 18.1. The molecular weight excluding hydrogens is 500 g/mol. The van der Waals surface area contributed by atoms with Gasteiger partial charge in [0.1, 0.15) is 25.1 Å². The van der Waals surface area contributed by atoms with Gasteiger partial charge in [0.15, 0.2) is 0 Å². The van der Waals surface area contributed by atoms with Crippen molar-refractivity contribution >= 4 is 30.4 Å². The molecule has 194 valence electrons. The van der Waals surface area contributed by atoms with Gasteiger partial charge in [0.05, 0.1) is 0 Å². The Morgan fingerprint density at radius 2 is 0.533 bits per heavy atom. The van der Waals surface area contributed by atoms with Crippen molar-refractivity contribution < 1.29 is 57.4 Å². The lowest BCUT2D eigenvalue weighted by Crippen LogP contribution is -2.37. The lowest BCUT2D eigenvalue weighted by Gasteiger charge is -2.28. The zero-order chi connectivity index (χ0) is 19.4. The molecule has 0 aliphatic carbocycles. The van der Waals surface area contributed by atoms with E-state index in [2.05, 4.69) is 0 Å². The second-order valence-electron chi connectivity index (χ2n) is 5.01. The average molecular weight is 544 g/mol. The highest BCUT2D eigenvalue weighted by molar-refractivity contribution is 7.53. The van der Waals surface area contributed by atoms with Crippen LogP contribution in [0.4, 0.5) is 0 Å². The minimum Gasteiger partial charge on any atom is -0.369 e. The van der Waals surface area contributed by atoms with Crippen molar-refractivity contribution in [2.24, 2.45) is 0 Å². The molecule has 20 nitrogen and oxygen atoms in total. The van der Waals surface area contributed by atoms with E-state index in [4.69, 9.17) is 39.1 Å². The normalized spacial score (nSPS) is 11.7. The van der Waals surface area contributed by atoms with Crippen LogP contribution in [0, 0.1) is 0 Å². The number of hydrogen-bond donors (Lipinski definition) is 14. The summed E-state index contributed by atoms with van der Waals surface area (Å²) >= 11 is 0. The first-order valence-corrected chi connectivity index (χ1v) is 13.2. The Labute approximate surface area is 173 Å². The minimum atomic E-state index is -4.69. The molecule has 0 saturated carbocycles. The van der Waals surface area contributed by atoms with E-state index in [1.165, 1.54) is 0 Å². The molecule has 0 aromatic rings. The summed E-state index contributed by atoms with van der Waals surface area (Å²) in [6, 6.07) is 0. The Morgan fingerprint density at radius 3 is 0.633 bits per heavy atom. The predicted molar refractivity (Wildman–Crippen MR) is 117 cm³/mol. The second kappa shape index (κ2) is 17.8. The molecule has 0 unspecified atom stereocenters. The summed E-state index contributed by atoms with van der Waals surface area (Å²) in [5.74, 6) is 0. The molecule has 0 saturated heterocycles. The van der Waals surface area contributed by atoms with Gasteiger partial charge >= 0.3 is 30.4 Å². The summed E-state index contributed by atoms with van der Waals surface area (Å²) < 4.78 is 43.9. The van der Waals surface area contributed by atoms with Crippen LogP contribution in [0.2, 0.25) is 0 Å². The first kappa shape index (κ1) is 47.9. The van der Waals surface area contributed by atoms with Gasteiger partial charge in [0.25, 0.3) is 0 Å². The molecular formula is C6H44N8O12P4+6. The number of rotatable bonds is 11. The fourth-order valence-corrected chi connectivity index (χ4v) is 5.06. The lowest BCUT2D eigenvalue weighted by molar-refractivity contribution is 0.226. The van der Waals surface area contributed by atoms with Gasteiger partial charge in [-0.3, -0.25) is 28.1 Å². The molecule has 0 bridgehead atoms. The van der Waals surface area contributed by atoms with Gasteiger partial charge in [-0.05, 0) is 0 Å². The van der Waals surface area contributed by atoms with Crippen molar-refractivity contribution in [2.45, 2.75) is 0 Å². The monoisotopic (exact) mass is 544 g/mol. The van der Waals surface area contributed by atoms with Crippen LogP contribution in [0.3, 0.4) is 0 Å². The maximum Gasteiger partial charge on any atom is 0.339 e. The van der Waals surface area contributed by atoms with E-state index in [-0.39, 0.29) is 36.9 Å². The molecule has 0 radical (unpaired) electrons. The van der Waals surface area contributed by atoms with Crippen LogP contribution in [0.15, 0.2) is 0 Å². The average Bonchev–Trinajstić information content (AvgIpc) is 2.16. The third-order valence-electron chi connectivity index (χ3n) is 2.27. The highest BCUT2D eigenvalue weighted by Gasteiger charge is 2.29. The molecule has 0 aliphatic heterocycles. The Kier molecular flexibility index (Phi) is 28.4. The summed E-state index contributed by atoms with van der Waals surface area (Å²) in [6.45, 7) is -1.01. The van der Waals surface area contributed by atoms with Gasteiger partial charge in [0, 0.05) is 13.1 Å². The highest BCUT2D eigenvalue weighted by Crippen LogP contribution is 2.42. The van der Waals surface area contributed by atoms with E-state index in [9.17, 15) is 18.3 Å². The maximum absolute atomic E-state index is 11.0. The molecule has 24 heteroatoms. The van der Waals surface area contributed by atoms with Crippen molar-refractivity contribution in [3.63, 3.8) is 0 Å². The minimum absolute atomic E-state index is 0. The fraction of sp³-hybridized carbons (Fsp3) is 1.00. The number of quaternary nitrogens is 6. The van der Waals surface area contributed by atoms with E-state index in [1.54, 1.807) is 0 Å². The molecule has 0 aliphatic rings. The molecule has 0 amide bonds. The van der Waals surface area contributed by atoms with Gasteiger partial charge in [-0.25, -0.2) is 0 Å². The summed E-state index contributed by atoms with van der Waals surface area (Å²) in [5.41, 5.74) is 0. The van der Waals surface area contributed by atoms with Gasteiger partial charge in [-0.1, -0.05) is 0 Å². The molecule has 32 N–H and O–H groups in total. The van der Waals surface area contributed by atoms with E-state index in [1.807, 2.05) is 0 Å². The van der Waals surface area contributed by atoms with Crippen LogP contribution < -0.4 is 36.9 Å². The lowest BCUT2D eigenvalue weighted by atomic mass is 10.5. The quantitative estimate of drug-likeness (QED) is 0.156. The fourth-order valence-electron chi connectivity index (χ4n) is 1.70. The SMILES string of the molecule is O=P(O)(O)CN(CCN(CP(=O)(O)O)CP(=O)(O)O)CP(=O)(O)O.[NH4+].[NH4+].[NH4+].[NH4+].[NH4+].[NH4+]. The molecule has 0 fully saturated rings. The smallest absolute Gasteiger partial charge is 0.339 e. The molecule has 30 heavy (non-hydrogen) atoms. The van der Waals surface area contributed by atoms with Gasteiger partial charge in [-0.2, -0.15) is 0 Å². The summed E-state index contributed by atoms with van der Waals surface area (Å²) in [5, 5.41) is 0. The molecule has 0 atom stereocenters. The van der Waals surface area contributed by atoms with Crippen LogP contribution in [0.25, 0.3) is 0 Å². The van der Waals surface area contributed by atoms with Crippen LogP contribution in [0.5, 0.6) is 0 Å². The number of hydrogen-bond acceptors (Lipinski definition) is 6. The van der Waals surface area contributed by atoms with E-state index in [0.29, 0.717) is 9.80 Å². The summed E-state index contributed by atoms with van der Waals surface area (Å²) in [4.78, 5) is 72.3. The van der Waals surface area contributed by atoms with Crippen LogP contribution in [-0.2, 0) is 18.3 Å². The van der Waals surface area contributed by atoms with E-state index in [0.717, 1.165) is 0 Å². The number of nitrogens with zero attached hydrogens (tertiary/aromatic N) is 2. The van der Waals surface area contributed by atoms with Crippen molar-refractivity contribution in [3.8, 4) is 0 Å². The Bertz CT molecular complexity index is 502. The van der Waals surface area contributed by atoms with Gasteiger partial charge in [0.2, 0.25) is 0 Å². The van der Waals surface area contributed by atoms with Crippen LogP contribution in [-0.4, -0.2) is 87.2 Å². The molecule has 0 rings (SSSR count). The Balaban J connectivity index is -0.000000176. The van der Waals surface area contributed by atoms with Crippen molar-refractivity contribution in [3.05, 3.63) is 0 Å². The largest absolute Gasteiger partial charge is 0.369 e. The third kappa shape index (κ3) is 32.9. The van der Waals surface area contributed by atoms with Gasteiger partial charge in [-0.15, -0.1) is 0 Å². The first-order chi connectivity index (χ1) is 10.4. The van der Waals surface area contributed by atoms with E-state index >= 15 is 0 Å². The summed E-state index contributed by atoms with van der Waals surface area (Å²) in [7, 11) is -18.8.